The van der Waals surface area contributed by atoms with E-state index in [1.54, 1.807) is 18.2 Å². The standard InChI is InChI=1S/C55H63N10O20P3/c1-6-57-43-26-45-41(22-32(43)3)50(42-23-33(4)44(58-7-2)27-46(42)83-45)40-25-35(13-15-39(40)54(70)71)52(68)61-19-18-60-51(67)34-10-8-12-37(24-34)80-31-48(63-64-56)79-21-20-78-30-47(66)59-17-9-11-36-28-65(55(72)62-53(36)69)49-16-14-38(82-49)29-81-87(74,75)85-88(76,77)84-86(5)73/h8,10,12-13,15,22-28,38,48-49,57,73H,6-7,14,16-21,29-31H2,1-5H3,(H,59,66)(H,60,67)(H,61,68)(H,70,71)(H,74,75)(H,76,77)(H,62,69,72)/t38-,48?,49+,86?/m0/s1. The Balaban J connectivity index is 0.846. The van der Waals surface area contributed by atoms with Gasteiger partial charge >= 0.3 is 27.3 Å². The van der Waals surface area contributed by atoms with Gasteiger partial charge in [-0.1, -0.05) is 23.0 Å². The summed E-state index contributed by atoms with van der Waals surface area (Å²) in [6, 6.07) is 18.0. The van der Waals surface area contributed by atoms with Crippen molar-refractivity contribution in [1.29, 1.82) is 0 Å². The summed E-state index contributed by atoms with van der Waals surface area (Å²) in [6.45, 7) is 8.21. The average Bonchev–Trinajstić information content (AvgIpc) is 1.34. The number of rotatable bonds is 29. The zero-order valence-corrected chi connectivity index (χ0v) is 50.7. The van der Waals surface area contributed by atoms with Gasteiger partial charge in [-0.15, -0.1) is 0 Å². The molecule has 0 radical (unpaired) electrons. The molecule has 3 heterocycles. The monoisotopic (exact) mass is 1280 g/mol. The third-order valence-corrected chi connectivity index (χ3v) is 16.7. The van der Waals surface area contributed by atoms with Crippen molar-refractivity contribution in [2.24, 2.45) is 10.1 Å². The number of benzene rings is 4. The zero-order valence-electron chi connectivity index (χ0n) is 48.0. The van der Waals surface area contributed by atoms with Crippen LogP contribution in [-0.2, 0) is 41.3 Å². The molecule has 0 spiro atoms. The molecule has 3 aromatic carbocycles. The van der Waals surface area contributed by atoms with Gasteiger partial charge in [-0.2, -0.15) is 4.31 Å². The highest BCUT2D eigenvalue weighted by Gasteiger charge is 2.39. The van der Waals surface area contributed by atoms with Crippen molar-refractivity contribution in [3.05, 3.63) is 143 Å². The quantitative estimate of drug-likeness (QED) is 0.00497. The van der Waals surface area contributed by atoms with Crippen LogP contribution in [-0.4, -0.2) is 138 Å². The van der Waals surface area contributed by atoms with Gasteiger partial charge < -0.3 is 64.4 Å². The van der Waals surface area contributed by atoms with E-state index in [2.05, 4.69) is 61.7 Å². The van der Waals surface area contributed by atoms with Crippen LogP contribution in [0.4, 0.5) is 5.69 Å². The summed E-state index contributed by atoms with van der Waals surface area (Å²) in [5, 5.41) is 26.8. The molecule has 2 aliphatic heterocycles. The summed E-state index contributed by atoms with van der Waals surface area (Å²) < 4.78 is 66.8. The van der Waals surface area contributed by atoms with Gasteiger partial charge in [0.25, 0.3) is 17.4 Å². The number of hydrogen-bond donors (Lipinski definition) is 9. The highest BCUT2D eigenvalue weighted by atomic mass is 31.3. The lowest BCUT2D eigenvalue weighted by molar-refractivity contribution is -0.126. The van der Waals surface area contributed by atoms with Crippen molar-refractivity contribution in [3.8, 4) is 40.0 Å². The van der Waals surface area contributed by atoms with Gasteiger partial charge in [-0.25, -0.2) is 23.0 Å². The fraction of sp³-hybridized carbons (Fsp3) is 0.364. The molecular weight excluding hydrogens is 1210 g/mol. The van der Waals surface area contributed by atoms with Crippen molar-refractivity contribution in [3.63, 3.8) is 0 Å². The summed E-state index contributed by atoms with van der Waals surface area (Å²) in [6.07, 6.45) is -1.54. The number of carbonyl (C=O) groups excluding carboxylic acids is 3. The number of carbonyl (C=O) groups is 4. The third-order valence-electron chi connectivity index (χ3n) is 12.8. The topological polar surface area (TPSA) is 425 Å². The molecule has 1 fully saturated rings. The number of azide groups is 1. The Morgan fingerprint density at radius 2 is 1.69 bits per heavy atom. The maximum Gasteiger partial charge on any atom is 0.486 e. The normalized spacial score (nSPS) is 16.1. The lowest BCUT2D eigenvalue weighted by atomic mass is 9.88. The number of aromatic nitrogens is 2. The Morgan fingerprint density at radius 1 is 0.943 bits per heavy atom. The lowest BCUT2D eigenvalue weighted by Gasteiger charge is -2.20. The second-order valence-corrected chi connectivity index (χ2v) is 23.6. The van der Waals surface area contributed by atoms with Crippen LogP contribution in [0.15, 0.2) is 97.0 Å². The fourth-order valence-corrected chi connectivity index (χ4v) is 12.1. The van der Waals surface area contributed by atoms with Gasteiger partial charge in [-0.3, -0.25) is 38.2 Å². The number of phosphoric ester groups is 1. The van der Waals surface area contributed by atoms with Crippen LogP contribution in [0.5, 0.6) is 5.75 Å². The molecular formula is C55H63N10O20P3. The fourth-order valence-electron chi connectivity index (χ4n) is 8.94. The number of aromatic carboxylic acids is 1. The number of aromatic amines is 1. The molecule has 3 amide bonds. The number of hydrogen-bond acceptors (Lipinski definition) is 20. The molecule has 4 unspecified atom stereocenters. The number of fused-ring (bicyclic) bond motifs is 2. The molecule has 6 atom stereocenters. The van der Waals surface area contributed by atoms with Crippen molar-refractivity contribution < 1.29 is 84.6 Å². The highest BCUT2D eigenvalue weighted by molar-refractivity contribution is 7.66. The number of anilines is 1. The SMILES string of the molecule is CCN=c1cc2oc3cc(NCC)c(C)cc3c(-c3cc(C(=O)NCCNC(=O)c4cccc(OCC(N=[N+]=[N-])OCCOCC(=O)NCC#Cc5cn([C@H]6CC[C@@H](COP(=O)(O)OP(=O)(O)OP(C)O)O6)c(=O)[nH]c5=O)c4)ccc3C(=O)O)c-2cc1C. The van der Waals surface area contributed by atoms with E-state index < -0.39 is 90.7 Å². The Labute approximate surface area is 502 Å². The summed E-state index contributed by atoms with van der Waals surface area (Å²) in [4.78, 5) is 115. The Kier molecular flexibility index (Phi) is 23.9. The van der Waals surface area contributed by atoms with Gasteiger partial charge in [-0.05, 0) is 111 Å². The van der Waals surface area contributed by atoms with Crippen LogP contribution >= 0.6 is 24.0 Å². The van der Waals surface area contributed by atoms with E-state index in [9.17, 15) is 52.8 Å². The number of carboxylic acids is 1. The van der Waals surface area contributed by atoms with Crippen molar-refractivity contribution in [2.75, 3.05) is 77.7 Å². The summed E-state index contributed by atoms with van der Waals surface area (Å²) >= 11 is 0. The van der Waals surface area contributed by atoms with Gasteiger partial charge in [0.2, 0.25) is 5.91 Å². The van der Waals surface area contributed by atoms with E-state index in [-0.39, 0.29) is 80.3 Å². The lowest BCUT2D eigenvalue weighted by Crippen LogP contribution is -2.34. The second kappa shape index (κ2) is 31.2. The molecule has 3 aliphatic rings. The maximum absolute atomic E-state index is 13.7. The number of aryl methyl sites for hydroxylation is 2. The van der Waals surface area contributed by atoms with E-state index in [4.69, 9.17) is 38.3 Å². The number of H-pyrrole nitrogens is 1. The minimum absolute atomic E-state index is 0.00916. The van der Waals surface area contributed by atoms with Gasteiger partial charge in [0.05, 0.1) is 43.4 Å². The van der Waals surface area contributed by atoms with E-state index in [0.29, 0.717) is 46.5 Å². The Bertz CT molecular complexity index is 3950. The maximum atomic E-state index is 13.7. The highest BCUT2D eigenvalue weighted by Crippen LogP contribution is 2.64. The van der Waals surface area contributed by atoms with Crippen molar-refractivity contribution in [1.82, 2.24) is 25.5 Å². The molecule has 0 saturated carbocycles. The van der Waals surface area contributed by atoms with Gasteiger partial charge in [0, 0.05) is 89.4 Å². The summed E-state index contributed by atoms with van der Waals surface area (Å²) in [5.41, 5.74) is 12.3. The van der Waals surface area contributed by atoms with Crippen LogP contribution < -0.4 is 42.6 Å². The first-order valence-electron chi connectivity index (χ1n) is 27.1. The minimum atomic E-state index is -5.16. The van der Waals surface area contributed by atoms with Crippen LogP contribution in [0, 0.1) is 25.7 Å². The van der Waals surface area contributed by atoms with Crippen molar-refractivity contribution >= 4 is 64.4 Å². The molecule has 468 valence electrons. The molecule has 0 bridgehead atoms. The molecule has 4 aromatic rings. The van der Waals surface area contributed by atoms with Crippen molar-refractivity contribution in [2.45, 2.75) is 59.1 Å². The van der Waals surface area contributed by atoms with Gasteiger partial charge in [0.1, 0.15) is 42.1 Å². The van der Waals surface area contributed by atoms with E-state index >= 15 is 0 Å². The Hall–Kier alpha value is -8.09. The third kappa shape index (κ3) is 18.7. The Morgan fingerprint density at radius 3 is 2.40 bits per heavy atom. The van der Waals surface area contributed by atoms with Crippen LogP contribution in [0.2, 0.25) is 0 Å². The zero-order chi connectivity index (χ0) is 63.7. The summed E-state index contributed by atoms with van der Waals surface area (Å²) in [5.74, 6) is 3.07. The number of carboxylic acid groups (broad SMARTS) is 1. The molecule has 30 nitrogen and oxygen atoms in total. The molecule has 1 saturated heterocycles. The predicted octanol–water partition coefficient (Wildman–Crippen LogP) is 5.96. The molecule has 7 rings (SSSR count). The molecule has 33 heteroatoms. The van der Waals surface area contributed by atoms with E-state index in [0.717, 1.165) is 39.6 Å². The minimum Gasteiger partial charge on any atom is -0.491 e. The number of amides is 3. The van der Waals surface area contributed by atoms with E-state index in [1.165, 1.54) is 24.3 Å². The second-order valence-electron chi connectivity index (χ2n) is 19.2. The number of nitrogens with zero attached hydrogens (tertiary/aromatic N) is 5. The van der Waals surface area contributed by atoms with Crippen LogP contribution in [0.25, 0.3) is 43.9 Å². The van der Waals surface area contributed by atoms with Crippen LogP contribution in [0.1, 0.15) is 80.7 Å². The smallest absolute Gasteiger partial charge is 0.486 e. The number of phosphoric acid groups is 2. The largest absolute Gasteiger partial charge is 0.491 e. The first-order chi connectivity index (χ1) is 42.0. The molecule has 9 N–H and O–H groups in total. The molecule has 88 heavy (non-hydrogen) atoms. The average molecular weight is 1280 g/mol. The first kappa shape index (κ1) is 67.4. The first-order valence-corrected chi connectivity index (χ1v) is 31.7. The molecule has 1 aromatic heterocycles. The van der Waals surface area contributed by atoms with Gasteiger partial charge in [0.15, 0.2) is 14.6 Å². The predicted molar refractivity (Wildman–Crippen MR) is 318 cm³/mol. The van der Waals surface area contributed by atoms with E-state index in [1.807, 2.05) is 52.0 Å². The van der Waals surface area contributed by atoms with Crippen LogP contribution in [0.3, 0.4) is 0 Å². The molecule has 1 aliphatic carbocycles. The summed E-state index contributed by atoms with van der Waals surface area (Å²) in [7, 11) is -12.7. The number of ether oxygens (including phenoxy) is 4. The number of nitrogens with one attached hydrogen (secondary N) is 5.